The average Bonchev–Trinajstić information content (AvgIpc) is 2.03. The van der Waals surface area contributed by atoms with Crippen LogP contribution >= 0.6 is 0 Å². The molecule has 0 aliphatic heterocycles. The van der Waals surface area contributed by atoms with E-state index in [4.69, 9.17) is 5.26 Å². The Morgan fingerprint density at radius 2 is 2.08 bits per heavy atom. The van der Waals surface area contributed by atoms with E-state index in [1.54, 1.807) is 12.3 Å². The van der Waals surface area contributed by atoms with Gasteiger partial charge in [0.25, 0.3) is 0 Å². The zero-order chi connectivity index (χ0) is 9.90. The van der Waals surface area contributed by atoms with Gasteiger partial charge in [-0.3, -0.25) is 0 Å². The molecule has 68 valence electrons. The molecule has 0 fully saturated rings. The van der Waals surface area contributed by atoms with Crippen LogP contribution in [0.4, 0.5) is 5.82 Å². The van der Waals surface area contributed by atoms with Crippen molar-refractivity contribution >= 4 is 5.82 Å². The van der Waals surface area contributed by atoms with Crippen LogP contribution in [0.3, 0.4) is 0 Å². The lowest BCUT2D eigenvalue weighted by atomic mass is 10.1. The number of anilines is 1. The monoisotopic (exact) mass is 175 g/mol. The summed E-state index contributed by atoms with van der Waals surface area (Å²) in [5.74, 6) is 0.798. The Hall–Kier alpha value is -1.56. The van der Waals surface area contributed by atoms with E-state index in [9.17, 15) is 0 Å². The van der Waals surface area contributed by atoms with Crippen LogP contribution < -0.4 is 5.32 Å². The molecule has 0 aliphatic carbocycles. The Morgan fingerprint density at radius 1 is 1.38 bits per heavy atom. The van der Waals surface area contributed by atoms with Gasteiger partial charge in [-0.25, -0.2) is 4.98 Å². The maximum absolute atomic E-state index is 8.55. The Bertz CT molecular complexity index is 314. The molecule has 0 bridgehead atoms. The summed E-state index contributed by atoms with van der Waals surface area (Å²) in [4.78, 5) is 4.10. The van der Waals surface area contributed by atoms with Gasteiger partial charge in [0.2, 0.25) is 0 Å². The lowest BCUT2D eigenvalue weighted by Gasteiger charge is -2.20. The Labute approximate surface area is 78.4 Å². The third kappa shape index (κ3) is 3.12. The fraction of sp³-hybridized carbons (Fsp3) is 0.400. The highest BCUT2D eigenvalue weighted by molar-refractivity contribution is 5.40. The number of hydrogen-bond donors (Lipinski definition) is 1. The summed E-state index contributed by atoms with van der Waals surface area (Å²) < 4.78 is 0. The van der Waals surface area contributed by atoms with Crippen molar-refractivity contribution in [2.45, 2.75) is 26.3 Å². The SMILES string of the molecule is CC(C)(C)Nc1ccc(C#N)cn1. The van der Waals surface area contributed by atoms with Gasteiger partial charge in [-0.1, -0.05) is 0 Å². The number of hydrogen-bond acceptors (Lipinski definition) is 3. The molecule has 1 rings (SSSR count). The summed E-state index contributed by atoms with van der Waals surface area (Å²) in [6.07, 6.45) is 1.56. The molecule has 0 unspecified atom stereocenters. The van der Waals surface area contributed by atoms with Crippen molar-refractivity contribution in [3.63, 3.8) is 0 Å². The summed E-state index contributed by atoms with van der Waals surface area (Å²) in [7, 11) is 0. The molecule has 1 aromatic rings. The van der Waals surface area contributed by atoms with Gasteiger partial charge < -0.3 is 5.32 Å². The minimum absolute atomic E-state index is 0.00115. The highest BCUT2D eigenvalue weighted by Gasteiger charge is 2.09. The number of nitrogens with one attached hydrogen (secondary N) is 1. The summed E-state index contributed by atoms with van der Waals surface area (Å²) in [5.41, 5.74) is 0.584. The Balaban J connectivity index is 2.77. The van der Waals surface area contributed by atoms with Gasteiger partial charge >= 0.3 is 0 Å². The highest BCUT2D eigenvalue weighted by atomic mass is 15.0. The first kappa shape index (κ1) is 9.53. The number of aromatic nitrogens is 1. The molecule has 0 spiro atoms. The van der Waals surface area contributed by atoms with E-state index in [1.165, 1.54) is 0 Å². The third-order valence-electron chi connectivity index (χ3n) is 1.40. The van der Waals surface area contributed by atoms with Gasteiger partial charge in [-0.2, -0.15) is 5.26 Å². The van der Waals surface area contributed by atoms with Crippen LogP contribution in [0, 0.1) is 11.3 Å². The van der Waals surface area contributed by atoms with Crippen LogP contribution in [0.15, 0.2) is 18.3 Å². The zero-order valence-corrected chi connectivity index (χ0v) is 8.13. The van der Waals surface area contributed by atoms with E-state index in [1.807, 2.05) is 12.1 Å². The normalized spacial score (nSPS) is 10.6. The molecular weight excluding hydrogens is 162 g/mol. The van der Waals surface area contributed by atoms with Crippen molar-refractivity contribution in [3.8, 4) is 6.07 Å². The smallest absolute Gasteiger partial charge is 0.126 e. The van der Waals surface area contributed by atoms with E-state index >= 15 is 0 Å². The highest BCUT2D eigenvalue weighted by Crippen LogP contribution is 2.11. The first-order valence-electron chi connectivity index (χ1n) is 4.15. The van der Waals surface area contributed by atoms with E-state index in [-0.39, 0.29) is 5.54 Å². The van der Waals surface area contributed by atoms with Gasteiger partial charge in [0.1, 0.15) is 11.9 Å². The fourth-order valence-electron chi connectivity index (χ4n) is 0.918. The standard InChI is InChI=1S/C10H13N3/c1-10(2,3)13-9-5-4-8(6-11)7-12-9/h4-5,7H,1-3H3,(H,12,13). The van der Waals surface area contributed by atoms with Crippen molar-refractivity contribution in [1.29, 1.82) is 5.26 Å². The van der Waals surface area contributed by atoms with Gasteiger partial charge in [-0.05, 0) is 32.9 Å². The zero-order valence-electron chi connectivity index (χ0n) is 8.13. The number of nitriles is 1. The summed E-state index contributed by atoms with van der Waals surface area (Å²) in [5, 5.41) is 11.8. The Morgan fingerprint density at radius 3 is 2.46 bits per heavy atom. The van der Waals surface area contributed by atoms with Crippen LogP contribution in [0.5, 0.6) is 0 Å². The van der Waals surface area contributed by atoms with Crippen molar-refractivity contribution in [3.05, 3.63) is 23.9 Å². The summed E-state index contributed by atoms with van der Waals surface area (Å²) in [6.45, 7) is 6.19. The molecule has 1 aromatic heterocycles. The molecule has 3 heteroatoms. The first-order chi connectivity index (χ1) is 6.01. The molecule has 0 radical (unpaired) electrons. The van der Waals surface area contributed by atoms with Crippen molar-refractivity contribution in [1.82, 2.24) is 4.98 Å². The molecule has 0 saturated carbocycles. The van der Waals surface area contributed by atoms with Gasteiger partial charge in [0, 0.05) is 11.7 Å². The topological polar surface area (TPSA) is 48.7 Å². The van der Waals surface area contributed by atoms with E-state index < -0.39 is 0 Å². The number of nitrogens with zero attached hydrogens (tertiary/aromatic N) is 2. The van der Waals surface area contributed by atoms with Crippen molar-refractivity contribution in [2.75, 3.05) is 5.32 Å². The molecule has 13 heavy (non-hydrogen) atoms. The second-order valence-electron chi connectivity index (χ2n) is 3.92. The van der Waals surface area contributed by atoms with Gasteiger partial charge in [0.15, 0.2) is 0 Å². The number of rotatable bonds is 1. The van der Waals surface area contributed by atoms with Crippen LogP contribution in [-0.2, 0) is 0 Å². The van der Waals surface area contributed by atoms with Crippen LogP contribution in [-0.4, -0.2) is 10.5 Å². The minimum Gasteiger partial charge on any atom is -0.365 e. The molecule has 1 heterocycles. The second kappa shape index (κ2) is 3.44. The van der Waals surface area contributed by atoms with Crippen molar-refractivity contribution in [2.24, 2.45) is 0 Å². The average molecular weight is 175 g/mol. The quantitative estimate of drug-likeness (QED) is 0.711. The maximum Gasteiger partial charge on any atom is 0.126 e. The minimum atomic E-state index is 0.00115. The van der Waals surface area contributed by atoms with Gasteiger partial charge in [0.05, 0.1) is 5.56 Å². The van der Waals surface area contributed by atoms with Crippen LogP contribution in [0.2, 0.25) is 0 Å². The van der Waals surface area contributed by atoms with E-state index in [2.05, 4.69) is 31.1 Å². The van der Waals surface area contributed by atoms with Gasteiger partial charge in [-0.15, -0.1) is 0 Å². The largest absolute Gasteiger partial charge is 0.365 e. The molecule has 3 nitrogen and oxygen atoms in total. The summed E-state index contributed by atoms with van der Waals surface area (Å²) >= 11 is 0. The molecule has 0 aromatic carbocycles. The molecular formula is C10H13N3. The molecule has 0 saturated heterocycles. The van der Waals surface area contributed by atoms with E-state index in [0.717, 1.165) is 5.82 Å². The lowest BCUT2D eigenvalue weighted by Crippen LogP contribution is -2.26. The lowest BCUT2D eigenvalue weighted by molar-refractivity contribution is 0.630. The maximum atomic E-state index is 8.55. The fourth-order valence-corrected chi connectivity index (χ4v) is 0.918. The predicted octanol–water partition coefficient (Wildman–Crippen LogP) is 2.16. The summed E-state index contributed by atoms with van der Waals surface area (Å²) in [6, 6.07) is 5.59. The second-order valence-corrected chi connectivity index (χ2v) is 3.92. The molecule has 1 N–H and O–H groups in total. The Kier molecular flexibility index (Phi) is 2.52. The number of pyridine rings is 1. The third-order valence-corrected chi connectivity index (χ3v) is 1.40. The predicted molar refractivity (Wildman–Crippen MR) is 52.3 cm³/mol. The first-order valence-corrected chi connectivity index (χ1v) is 4.15. The van der Waals surface area contributed by atoms with Crippen LogP contribution in [0.1, 0.15) is 26.3 Å². The van der Waals surface area contributed by atoms with Crippen LogP contribution in [0.25, 0.3) is 0 Å². The molecule has 0 aliphatic rings. The molecule has 0 atom stereocenters. The van der Waals surface area contributed by atoms with E-state index in [0.29, 0.717) is 5.56 Å². The molecule has 0 amide bonds. The van der Waals surface area contributed by atoms with Crippen molar-refractivity contribution < 1.29 is 0 Å².